The van der Waals surface area contributed by atoms with E-state index in [2.05, 4.69) is 17.9 Å². The van der Waals surface area contributed by atoms with Gasteiger partial charge in [0.2, 0.25) is 0 Å². The molecule has 7 heteroatoms. The third-order valence-electron chi connectivity index (χ3n) is 3.78. The van der Waals surface area contributed by atoms with Crippen molar-refractivity contribution in [2.75, 3.05) is 13.2 Å². The van der Waals surface area contributed by atoms with Gasteiger partial charge >= 0.3 is 17.9 Å². The number of esters is 2. The highest BCUT2D eigenvalue weighted by Crippen LogP contribution is 2.21. The lowest BCUT2D eigenvalue weighted by molar-refractivity contribution is -0.145. The number of carboxylic acid groups (broad SMARTS) is 1. The van der Waals surface area contributed by atoms with Crippen LogP contribution in [0.5, 0.6) is 0 Å². The number of hydrogen-bond donors (Lipinski definition) is 2. The van der Waals surface area contributed by atoms with Crippen LogP contribution in [-0.2, 0) is 23.9 Å². The summed E-state index contributed by atoms with van der Waals surface area (Å²) >= 11 is 0. The Morgan fingerprint density at radius 2 is 1.67 bits per heavy atom. The minimum Gasteiger partial charge on any atom is -0.478 e. The zero-order chi connectivity index (χ0) is 20.8. The van der Waals surface area contributed by atoms with Gasteiger partial charge in [0.1, 0.15) is 12.7 Å². The summed E-state index contributed by atoms with van der Waals surface area (Å²) in [5.41, 5.74) is 0.867. The molecule has 1 fully saturated rings. The Kier molecular flexibility index (Phi) is 12.5. The van der Waals surface area contributed by atoms with Crippen LogP contribution in [0.2, 0.25) is 0 Å². The highest BCUT2D eigenvalue weighted by molar-refractivity contribution is 5.89. The van der Waals surface area contributed by atoms with Crippen LogP contribution in [0.25, 0.3) is 0 Å². The van der Waals surface area contributed by atoms with Crippen molar-refractivity contribution in [3.05, 3.63) is 36.0 Å². The van der Waals surface area contributed by atoms with Crippen molar-refractivity contribution >= 4 is 17.9 Å². The molecular formula is C20H30O7. The molecule has 152 valence electrons. The Morgan fingerprint density at radius 1 is 1.07 bits per heavy atom. The van der Waals surface area contributed by atoms with Gasteiger partial charge in [0, 0.05) is 16.7 Å². The Balaban J connectivity index is 0.000000636. The number of carbonyl (C=O) groups is 3. The first-order valence-corrected chi connectivity index (χ1v) is 8.91. The third-order valence-corrected chi connectivity index (χ3v) is 3.78. The monoisotopic (exact) mass is 382 g/mol. The highest BCUT2D eigenvalue weighted by atomic mass is 16.5. The average Bonchev–Trinajstić information content (AvgIpc) is 2.64. The molecule has 0 heterocycles. The molecule has 2 N–H and O–H groups in total. The molecule has 1 aliphatic rings. The maximum absolute atomic E-state index is 11.7. The summed E-state index contributed by atoms with van der Waals surface area (Å²) in [4.78, 5) is 32.7. The Labute approximate surface area is 160 Å². The maximum Gasteiger partial charge on any atom is 0.333 e. The Bertz CT molecular complexity index is 569. The van der Waals surface area contributed by atoms with Gasteiger partial charge in [0.05, 0.1) is 6.61 Å². The number of carboxylic acids is 1. The molecule has 0 radical (unpaired) electrons. The number of allylic oxidation sites excluding steroid dienone is 1. The van der Waals surface area contributed by atoms with E-state index < -0.39 is 17.9 Å². The van der Waals surface area contributed by atoms with Crippen LogP contribution in [0.3, 0.4) is 0 Å². The first-order valence-electron chi connectivity index (χ1n) is 8.91. The van der Waals surface area contributed by atoms with Crippen LogP contribution >= 0.6 is 0 Å². The molecule has 0 aliphatic heterocycles. The van der Waals surface area contributed by atoms with Crippen LogP contribution in [0.4, 0.5) is 0 Å². The fourth-order valence-corrected chi connectivity index (χ4v) is 2.13. The summed E-state index contributed by atoms with van der Waals surface area (Å²) in [6, 6.07) is 0. The molecule has 0 spiro atoms. The van der Waals surface area contributed by atoms with Crippen molar-refractivity contribution in [2.24, 2.45) is 0 Å². The van der Waals surface area contributed by atoms with Gasteiger partial charge in [-0.05, 0) is 46.0 Å². The molecule has 1 rings (SSSR count). The van der Waals surface area contributed by atoms with E-state index in [0.29, 0.717) is 11.1 Å². The summed E-state index contributed by atoms with van der Waals surface area (Å²) in [5, 5.41) is 16.9. The standard InChI is InChI=1S/C14H20O4.C6H10O3/c1-10(13(15)16)8-9-11(2)14(17)18-12-6-4-3-5-7-12;1-5(2)6(8)9-4-3-7/h8,12H,2-7,9H2,1H3,(H,15,16);7H,1,3-4H2,2H3. The van der Waals surface area contributed by atoms with Crippen molar-refractivity contribution in [3.8, 4) is 0 Å². The number of aliphatic hydroxyl groups excluding tert-OH is 1. The normalized spacial score (nSPS) is 14.4. The summed E-state index contributed by atoms with van der Waals surface area (Å²) in [6.07, 6.45) is 6.95. The van der Waals surface area contributed by atoms with E-state index >= 15 is 0 Å². The highest BCUT2D eigenvalue weighted by Gasteiger charge is 2.18. The largest absolute Gasteiger partial charge is 0.478 e. The second kappa shape index (κ2) is 13.7. The minimum atomic E-state index is -0.983. The zero-order valence-electron chi connectivity index (χ0n) is 16.2. The number of ether oxygens (including phenoxy) is 2. The van der Waals surface area contributed by atoms with E-state index in [1.807, 2.05) is 0 Å². The zero-order valence-corrected chi connectivity index (χ0v) is 16.2. The molecular weight excluding hydrogens is 352 g/mol. The quantitative estimate of drug-likeness (QED) is 0.490. The molecule has 0 atom stereocenters. The fourth-order valence-electron chi connectivity index (χ4n) is 2.13. The molecule has 0 amide bonds. The molecule has 0 aromatic carbocycles. The molecule has 7 nitrogen and oxygen atoms in total. The number of rotatable bonds is 8. The van der Waals surface area contributed by atoms with E-state index in [-0.39, 0.29) is 31.3 Å². The van der Waals surface area contributed by atoms with E-state index in [1.54, 1.807) is 6.92 Å². The van der Waals surface area contributed by atoms with Gasteiger partial charge in [0.15, 0.2) is 0 Å². The average molecular weight is 382 g/mol. The van der Waals surface area contributed by atoms with Gasteiger partial charge in [-0.3, -0.25) is 0 Å². The van der Waals surface area contributed by atoms with E-state index in [9.17, 15) is 14.4 Å². The van der Waals surface area contributed by atoms with Gasteiger partial charge < -0.3 is 19.7 Å². The number of aliphatic carboxylic acids is 1. The second-order valence-electron chi connectivity index (χ2n) is 6.31. The molecule has 27 heavy (non-hydrogen) atoms. The van der Waals surface area contributed by atoms with Crippen molar-refractivity contribution in [2.45, 2.75) is 58.5 Å². The second-order valence-corrected chi connectivity index (χ2v) is 6.31. The summed E-state index contributed by atoms with van der Waals surface area (Å²) in [5.74, 6) is -1.84. The number of aliphatic hydroxyl groups is 1. The molecule has 1 saturated carbocycles. The lowest BCUT2D eigenvalue weighted by atomic mass is 9.98. The van der Waals surface area contributed by atoms with Crippen LogP contribution in [0, 0.1) is 0 Å². The molecule has 0 bridgehead atoms. The van der Waals surface area contributed by atoms with E-state index in [4.69, 9.17) is 14.9 Å². The van der Waals surface area contributed by atoms with Gasteiger partial charge in [-0.25, -0.2) is 14.4 Å². The number of hydrogen-bond acceptors (Lipinski definition) is 6. The number of carbonyl (C=O) groups excluding carboxylic acids is 2. The van der Waals surface area contributed by atoms with Crippen LogP contribution in [0.15, 0.2) is 36.0 Å². The van der Waals surface area contributed by atoms with E-state index in [1.165, 1.54) is 19.4 Å². The van der Waals surface area contributed by atoms with Crippen molar-refractivity contribution in [3.63, 3.8) is 0 Å². The van der Waals surface area contributed by atoms with Crippen molar-refractivity contribution < 1.29 is 34.1 Å². The van der Waals surface area contributed by atoms with Crippen LogP contribution < -0.4 is 0 Å². The molecule has 0 unspecified atom stereocenters. The predicted molar refractivity (Wildman–Crippen MR) is 101 cm³/mol. The van der Waals surface area contributed by atoms with Gasteiger partial charge in [0.25, 0.3) is 0 Å². The minimum absolute atomic E-state index is 0.00699. The van der Waals surface area contributed by atoms with E-state index in [0.717, 1.165) is 25.7 Å². The molecule has 0 aromatic rings. The van der Waals surface area contributed by atoms with Crippen LogP contribution in [-0.4, -0.2) is 47.4 Å². The summed E-state index contributed by atoms with van der Waals surface area (Å²) in [6.45, 7) is 9.94. The third kappa shape index (κ3) is 11.8. The Hall–Kier alpha value is -2.41. The topological polar surface area (TPSA) is 110 Å². The first-order chi connectivity index (χ1) is 12.7. The fraction of sp³-hybridized carbons (Fsp3) is 0.550. The van der Waals surface area contributed by atoms with Crippen LogP contribution in [0.1, 0.15) is 52.4 Å². The maximum atomic E-state index is 11.7. The molecule has 0 saturated heterocycles. The first kappa shape index (κ1) is 24.6. The molecule has 1 aliphatic carbocycles. The van der Waals surface area contributed by atoms with Gasteiger partial charge in [-0.1, -0.05) is 25.7 Å². The lowest BCUT2D eigenvalue weighted by Gasteiger charge is -2.22. The summed E-state index contributed by atoms with van der Waals surface area (Å²) in [7, 11) is 0. The SMILES string of the molecule is C=C(C)C(=O)OCCO.C=C(CC=C(C)C(=O)O)C(=O)OC1CCCCC1. The van der Waals surface area contributed by atoms with Crippen molar-refractivity contribution in [1.29, 1.82) is 0 Å². The smallest absolute Gasteiger partial charge is 0.333 e. The lowest BCUT2D eigenvalue weighted by Crippen LogP contribution is -2.21. The van der Waals surface area contributed by atoms with Crippen molar-refractivity contribution in [1.82, 2.24) is 0 Å². The summed E-state index contributed by atoms with van der Waals surface area (Å²) < 4.78 is 9.79. The van der Waals surface area contributed by atoms with Gasteiger partial charge in [-0.15, -0.1) is 0 Å². The molecule has 0 aromatic heterocycles. The predicted octanol–water partition coefficient (Wildman–Crippen LogP) is 2.94. The Morgan fingerprint density at radius 3 is 2.15 bits per heavy atom. The van der Waals surface area contributed by atoms with Gasteiger partial charge in [-0.2, -0.15) is 0 Å².